The molecule has 30 heavy (non-hydrogen) atoms. The molecule has 0 spiro atoms. The molecule has 1 amide bonds. The van der Waals surface area contributed by atoms with Gasteiger partial charge in [-0.1, -0.05) is 17.7 Å². The van der Waals surface area contributed by atoms with E-state index in [0.717, 1.165) is 35.6 Å². The fraction of sp³-hybridized carbons (Fsp3) is 0.0556. The minimum absolute atomic E-state index is 0.0453. The van der Waals surface area contributed by atoms with Gasteiger partial charge in [-0.05, 0) is 43.3 Å². The number of sulfonamides is 1. The Balaban J connectivity index is 1.87. The van der Waals surface area contributed by atoms with Gasteiger partial charge in [-0.2, -0.15) is 0 Å². The average Bonchev–Trinajstić information content (AvgIpc) is 3.05. The summed E-state index contributed by atoms with van der Waals surface area (Å²) in [6.45, 7) is 1.51. The molecule has 0 saturated carbocycles. The zero-order valence-electron chi connectivity index (χ0n) is 15.2. The number of thiophene rings is 1. The van der Waals surface area contributed by atoms with E-state index in [1.807, 2.05) is 0 Å². The lowest BCUT2D eigenvalue weighted by molar-refractivity contribution is -0.385. The second-order valence-electron chi connectivity index (χ2n) is 6.06. The van der Waals surface area contributed by atoms with Crippen LogP contribution >= 0.6 is 22.9 Å². The van der Waals surface area contributed by atoms with Gasteiger partial charge < -0.3 is 10.4 Å². The summed E-state index contributed by atoms with van der Waals surface area (Å²) < 4.78 is 27.6. The lowest BCUT2D eigenvalue weighted by Gasteiger charge is -2.11. The summed E-state index contributed by atoms with van der Waals surface area (Å²) in [7, 11) is -4.04. The highest BCUT2D eigenvalue weighted by atomic mass is 35.5. The first-order valence-electron chi connectivity index (χ1n) is 8.24. The first kappa shape index (κ1) is 21.6. The van der Waals surface area contributed by atoms with Crippen LogP contribution in [0, 0.1) is 17.0 Å². The van der Waals surface area contributed by atoms with Crippen LogP contribution < -0.4 is 10.0 Å². The van der Waals surface area contributed by atoms with Crippen molar-refractivity contribution in [1.82, 2.24) is 0 Å². The van der Waals surface area contributed by atoms with Crippen LogP contribution in [-0.2, 0) is 10.0 Å². The number of rotatable bonds is 6. The van der Waals surface area contributed by atoms with Crippen LogP contribution in [0.2, 0.25) is 5.02 Å². The van der Waals surface area contributed by atoms with Gasteiger partial charge in [0.15, 0.2) is 0 Å². The van der Waals surface area contributed by atoms with Crippen molar-refractivity contribution < 1.29 is 23.2 Å². The number of amides is 1. The lowest BCUT2D eigenvalue weighted by Crippen LogP contribution is -2.14. The molecule has 0 aliphatic carbocycles. The monoisotopic (exact) mass is 467 g/mol. The van der Waals surface area contributed by atoms with Crippen LogP contribution in [-0.4, -0.2) is 24.4 Å². The minimum atomic E-state index is -4.04. The average molecular weight is 468 g/mol. The molecule has 0 bridgehead atoms. The van der Waals surface area contributed by atoms with Crippen LogP contribution in [0.25, 0.3) is 0 Å². The Morgan fingerprint density at radius 1 is 1.20 bits per heavy atom. The number of hydrogen-bond donors (Lipinski definition) is 3. The molecule has 1 heterocycles. The zero-order chi connectivity index (χ0) is 22.1. The Kier molecular flexibility index (Phi) is 5.97. The lowest BCUT2D eigenvalue weighted by atomic mass is 10.3. The van der Waals surface area contributed by atoms with Gasteiger partial charge in [0.2, 0.25) is 0 Å². The highest BCUT2D eigenvalue weighted by molar-refractivity contribution is 7.92. The van der Waals surface area contributed by atoms with Gasteiger partial charge in [-0.25, -0.2) is 8.42 Å². The number of phenols is 1. The van der Waals surface area contributed by atoms with E-state index in [4.69, 9.17) is 11.6 Å². The summed E-state index contributed by atoms with van der Waals surface area (Å²) in [5.41, 5.74) is -0.123. The smallest absolute Gasteiger partial charge is 0.283 e. The summed E-state index contributed by atoms with van der Waals surface area (Å²) in [6.07, 6.45) is 0. The number of nitro groups is 1. The standard InChI is InChI=1S/C18H14ClN3O6S2/c1-10-15(22(25)26)9-17(29-10)18(24)20-14-8-13(5-6-16(14)23)30(27,28)21-12-4-2-3-11(19)7-12/h2-9,21,23H,1H3,(H,20,24). The van der Waals surface area contributed by atoms with Crippen molar-refractivity contribution in [2.24, 2.45) is 0 Å². The Morgan fingerprint density at radius 3 is 2.57 bits per heavy atom. The van der Waals surface area contributed by atoms with Gasteiger partial charge in [0.05, 0.1) is 30.9 Å². The van der Waals surface area contributed by atoms with Gasteiger partial charge >= 0.3 is 0 Å². The first-order valence-corrected chi connectivity index (χ1v) is 10.9. The number of anilines is 2. The van der Waals surface area contributed by atoms with Crippen LogP contribution in [0.5, 0.6) is 5.75 Å². The van der Waals surface area contributed by atoms with Crippen molar-refractivity contribution in [2.75, 3.05) is 10.0 Å². The Hall–Kier alpha value is -3.15. The van der Waals surface area contributed by atoms with E-state index in [9.17, 15) is 28.4 Å². The number of carbonyl (C=O) groups is 1. The van der Waals surface area contributed by atoms with Gasteiger partial charge in [-0.15, -0.1) is 11.3 Å². The summed E-state index contributed by atoms with van der Waals surface area (Å²) in [5, 5.41) is 23.7. The number of nitrogens with zero attached hydrogens (tertiary/aromatic N) is 1. The van der Waals surface area contributed by atoms with E-state index in [1.54, 1.807) is 12.1 Å². The molecule has 2 aromatic carbocycles. The Bertz CT molecular complexity index is 1260. The maximum atomic E-state index is 12.6. The molecule has 0 aliphatic heterocycles. The zero-order valence-corrected chi connectivity index (χ0v) is 17.6. The van der Waals surface area contributed by atoms with Crippen molar-refractivity contribution in [3.05, 3.63) is 73.4 Å². The largest absolute Gasteiger partial charge is 0.506 e. The molecule has 0 fully saturated rings. The quantitative estimate of drug-likeness (QED) is 0.279. The second-order valence-corrected chi connectivity index (χ2v) is 9.43. The molecule has 0 atom stereocenters. The molecule has 3 aromatic rings. The number of aryl methyl sites for hydroxylation is 1. The number of aromatic hydroxyl groups is 1. The fourth-order valence-electron chi connectivity index (χ4n) is 2.50. The molecule has 0 radical (unpaired) electrons. The molecular weight excluding hydrogens is 454 g/mol. The van der Waals surface area contributed by atoms with Crippen molar-refractivity contribution in [3.8, 4) is 5.75 Å². The summed E-state index contributed by atoms with van der Waals surface area (Å²) in [4.78, 5) is 23.0. The third kappa shape index (κ3) is 4.70. The van der Waals surface area contributed by atoms with E-state index in [-0.39, 0.29) is 32.6 Å². The minimum Gasteiger partial charge on any atom is -0.506 e. The number of benzene rings is 2. The van der Waals surface area contributed by atoms with E-state index < -0.39 is 20.9 Å². The van der Waals surface area contributed by atoms with Crippen LogP contribution in [0.4, 0.5) is 17.1 Å². The second kappa shape index (κ2) is 8.30. The molecule has 0 saturated heterocycles. The predicted molar refractivity (Wildman–Crippen MR) is 114 cm³/mol. The van der Waals surface area contributed by atoms with E-state index >= 15 is 0 Å². The number of nitrogens with one attached hydrogen (secondary N) is 2. The third-order valence-corrected chi connectivity index (χ3v) is 6.57. The SMILES string of the molecule is Cc1sc(C(=O)Nc2cc(S(=O)(=O)Nc3cccc(Cl)c3)ccc2O)cc1[N+](=O)[O-]. The highest BCUT2D eigenvalue weighted by Gasteiger charge is 2.22. The van der Waals surface area contributed by atoms with Gasteiger partial charge in [-0.3, -0.25) is 19.6 Å². The molecule has 12 heteroatoms. The van der Waals surface area contributed by atoms with Gasteiger partial charge in [0.25, 0.3) is 21.6 Å². The highest BCUT2D eigenvalue weighted by Crippen LogP contribution is 2.31. The summed E-state index contributed by atoms with van der Waals surface area (Å²) in [6, 6.07) is 10.6. The molecule has 0 unspecified atom stereocenters. The van der Waals surface area contributed by atoms with E-state index in [1.165, 1.54) is 19.1 Å². The van der Waals surface area contributed by atoms with Gasteiger partial charge in [0, 0.05) is 11.1 Å². The molecule has 9 nitrogen and oxygen atoms in total. The van der Waals surface area contributed by atoms with Crippen molar-refractivity contribution in [3.63, 3.8) is 0 Å². The number of phenolic OH excluding ortho intramolecular Hbond substituents is 1. The number of hydrogen-bond acceptors (Lipinski definition) is 7. The van der Waals surface area contributed by atoms with Crippen molar-refractivity contribution in [1.29, 1.82) is 0 Å². The predicted octanol–water partition coefficient (Wildman–Crippen LogP) is 4.38. The summed E-state index contributed by atoms with van der Waals surface area (Å²) >= 11 is 6.77. The van der Waals surface area contributed by atoms with Crippen LogP contribution in [0.3, 0.4) is 0 Å². The molecule has 156 valence electrons. The molecule has 1 aromatic heterocycles. The molecular formula is C18H14ClN3O6S2. The third-order valence-electron chi connectivity index (χ3n) is 3.92. The van der Waals surface area contributed by atoms with Crippen molar-refractivity contribution in [2.45, 2.75) is 11.8 Å². The Morgan fingerprint density at radius 2 is 1.93 bits per heavy atom. The summed E-state index contributed by atoms with van der Waals surface area (Å²) in [5.74, 6) is -1.09. The van der Waals surface area contributed by atoms with Crippen LogP contribution in [0.1, 0.15) is 14.5 Å². The molecule has 0 aliphatic rings. The Labute approximate surface area is 180 Å². The number of halogens is 1. The first-order chi connectivity index (χ1) is 14.1. The topological polar surface area (TPSA) is 139 Å². The molecule has 3 N–H and O–H groups in total. The molecule has 3 rings (SSSR count). The van der Waals surface area contributed by atoms with E-state index in [2.05, 4.69) is 10.0 Å². The normalized spacial score (nSPS) is 11.1. The maximum absolute atomic E-state index is 12.6. The number of carbonyl (C=O) groups excluding carboxylic acids is 1. The van der Waals surface area contributed by atoms with Gasteiger partial charge in [0.1, 0.15) is 5.75 Å². The maximum Gasteiger partial charge on any atom is 0.283 e. The fourth-order valence-corrected chi connectivity index (χ4v) is 4.65. The van der Waals surface area contributed by atoms with E-state index in [0.29, 0.717) is 9.90 Å². The van der Waals surface area contributed by atoms with Crippen LogP contribution in [0.15, 0.2) is 53.4 Å². The van der Waals surface area contributed by atoms with Crippen molar-refractivity contribution >= 4 is 55.9 Å².